The van der Waals surface area contributed by atoms with Crippen LogP contribution in [0, 0.1) is 0 Å². The minimum Gasteiger partial charge on any atom is -0.294 e. The Hall–Kier alpha value is -1.59. The lowest BCUT2D eigenvalue weighted by atomic mass is 10.1. The van der Waals surface area contributed by atoms with Crippen molar-refractivity contribution >= 4 is 5.78 Å². The van der Waals surface area contributed by atoms with Gasteiger partial charge in [0.25, 0.3) is 0 Å². The van der Waals surface area contributed by atoms with E-state index in [1.807, 2.05) is 30.3 Å². The van der Waals surface area contributed by atoms with Crippen molar-refractivity contribution in [2.24, 2.45) is 0 Å². The molecular formula is C12H12O. The highest BCUT2D eigenvalue weighted by molar-refractivity contribution is 5.89. The quantitative estimate of drug-likeness (QED) is 0.504. The Morgan fingerprint density at radius 3 is 2.69 bits per heavy atom. The number of carbonyl (C=O) groups is 1. The summed E-state index contributed by atoms with van der Waals surface area (Å²) in [5.41, 5.74) is 3.67. The molecule has 0 aromatic heterocycles. The van der Waals surface area contributed by atoms with Gasteiger partial charge in [-0.1, -0.05) is 36.9 Å². The summed E-state index contributed by atoms with van der Waals surface area (Å²) in [6, 6.07) is 9.96. The molecule has 0 unspecified atom stereocenters. The van der Waals surface area contributed by atoms with Gasteiger partial charge in [-0.2, -0.15) is 0 Å². The maximum atomic E-state index is 11.1. The van der Waals surface area contributed by atoms with Gasteiger partial charge in [-0.3, -0.25) is 4.79 Å². The van der Waals surface area contributed by atoms with Crippen molar-refractivity contribution < 1.29 is 4.79 Å². The Bertz CT molecular complexity index is 318. The molecule has 0 bridgehead atoms. The molecule has 66 valence electrons. The molecule has 1 nitrogen and oxygen atoms in total. The van der Waals surface area contributed by atoms with E-state index >= 15 is 0 Å². The lowest BCUT2D eigenvalue weighted by Gasteiger charge is -1.96. The normalized spacial score (nSPS) is 8.92. The molecule has 0 aliphatic rings. The van der Waals surface area contributed by atoms with Crippen molar-refractivity contribution in [3.63, 3.8) is 0 Å². The first-order chi connectivity index (χ1) is 6.33. The SMILES string of the molecule is C=C=CC(=O)CCc1ccccc1. The lowest BCUT2D eigenvalue weighted by Crippen LogP contribution is -1.94. The minimum absolute atomic E-state index is 0.0823. The minimum atomic E-state index is 0.0823. The summed E-state index contributed by atoms with van der Waals surface area (Å²) in [5, 5.41) is 0. The monoisotopic (exact) mass is 172 g/mol. The van der Waals surface area contributed by atoms with E-state index in [0.717, 1.165) is 6.42 Å². The van der Waals surface area contributed by atoms with Gasteiger partial charge in [0.05, 0.1) is 0 Å². The summed E-state index contributed by atoms with van der Waals surface area (Å²) in [7, 11) is 0. The smallest absolute Gasteiger partial charge is 0.163 e. The van der Waals surface area contributed by atoms with Crippen molar-refractivity contribution in [2.45, 2.75) is 12.8 Å². The van der Waals surface area contributed by atoms with Crippen LogP contribution in [0.2, 0.25) is 0 Å². The Kier molecular flexibility index (Phi) is 3.74. The first kappa shape index (κ1) is 9.50. The fourth-order valence-electron chi connectivity index (χ4n) is 1.10. The summed E-state index contributed by atoms with van der Waals surface area (Å²) in [5.74, 6) is 0.0823. The number of aryl methyl sites for hydroxylation is 1. The Morgan fingerprint density at radius 2 is 2.08 bits per heavy atom. The van der Waals surface area contributed by atoms with Crippen LogP contribution in [0.3, 0.4) is 0 Å². The van der Waals surface area contributed by atoms with Crippen LogP contribution in [-0.4, -0.2) is 5.78 Å². The number of ketones is 1. The fraction of sp³-hybridized carbons (Fsp3) is 0.167. The number of hydrogen-bond acceptors (Lipinski definition) is 1. The van der Waals surface area contributed by atoms with Crippen molar-refractivity contribution in [3.8, 4) is 0 Å². The second-order valence-electron chi connectivity index (χ2n) is 2.80. The first-order valence-electron chi connectivity index (χ1n) is 4.25. The molecule has 0 N–H and O–H groups in total. The molecule has 0 spiro atoms. The van der Waals surface area contributed by atoms with Crippen LogP contribution in [0.4, 0.5) is 0 Å². The topological polar surface area (TPSA) is 17.1 Å². The molecule has 0 atom stereocenters. The molecule has 1 aromatic carbocycles. The molecule has 0 heterocycles. The van der Waals surface area contributed by atoms with E-state index in [1.54, 1.807) is 0 Å². The third-order valence-electron chi connectivity index (χ3n) is 1.77. The van der Waals surface area contributed by atoms with Gasteiger partial charge in [0.1, 0.15) is 0 Å². The number of hydrogen-bond donors (Lipinski definition) is 0. The zero-order chi connectivity index (χ0) is 9.52. The van der Waals surface area contributed by atoms with Crippen molar-refractivity contribution in [1.82, 2.24) is 0 Å². The third-order valence-corrected chi connectivity index (χ3v) is 1.77. The number of carbonyl (C=O) groups excluding carboxylic acids is 1. The zero-order valence-electron chi connectivity index (χ0n) is 7.49. The van der Waals surface area contributed by atoms with Crippen LogP contribution in [0.5, 0.6) is 0 Å². The summed E-state index contributed by atoms with van der Waals surface area (Å²) >= 11 is 0. The molecule has 0 saturated carbocycles. The molecule has 0 radical (unpaired) electrons. The largest absolute Gasteiger partial charge is 0.294 e. The summed E-state index contributed by atoms with van der Waals surface area (Å²) in [6.07, 6.45) is 2.72. The molecule has 0 saturated heterocycles. The average molecular weight is 172 g/mol. The maximum Gasteiger partial charge on any atom is 0.163 e. The number of allylic oxidation sites excluding steroid dienone is 1. The third kappa shape index (κ3) is 3.55. The van der Waals surface area contributed by atoms with Crippen molar-refractivity contribution in [2.75, 3.05) is 0 Å². The molecular weight excluding hydrogens is 160 g/mol. The maximum absolute atomic E-state index is 11.1. The van der Waals surface area contributed by atoms with Gasteiger partial charge in [-0.25, -0.2) is 0 Å². The summed E-state index contributed by atoms with van der Waals surface area (Å²) in [4.78, 5) is 11.1. The predicted molar refractivity (Wildman–Crippen MR) is 53.5 cm³/mol. The van der Waals surface area contributed by atoms with Crippen LogP contribution in [-0.2, 0) is 11.2 Å². The molecule has 0 fully saturated rings. The van der Waals surface area contributed by atoms with E-state index in [9.17, 15) is 4.79 Å². The Morgan fingerprint density at radius 1 is 1.38 bits per heavy atom. The zero-order valence-corrected chi connectivity index (χ0v) is 7.49. The second-order valence-corrected chi connectivity index (χ2v) is 2.80. The van der Waals surface area contributed by atoms with E-state index in [1.165, 1.54) is 11.6 Å². The molecule has 0 aliphatic heterocycles. The molecule has 1 heteroatoms. The summed E-state index contributed by atoms with van der Waals surface area (Å²) in [6.45, 7) is 3.35. The van der Waals surface area contributed by atoms with Crippen molar-refractivity contribution in [1.29, 1.82) is 0 Å². The van der Waals surface area contributed by atoms with Crippen LogP contribution >= 0.6 is 0 Å². The number of rotatable bonds is 4. The van der Waals surface area contributed by atoms with E-state index in [-0.39, 0.29) is 5.78 Å². The highest BCUT2D eigenvalue weighted by Crippen LogP contribution is 2.02. The second kappa shape index (κ2) is 5.13. The predicted octanol–water partition coefficient (Wildman–Crippen LogP) is 2.53. The fourth-order valence-corrected chi connectivity index (χ4v) is 1.10. The van der Waals surface area contributed by atoms with E-state index in [4.69, 9.17) is 0 Å². The Balaban J connectivity index is 2.44. The summed E-state index contributed by atoms with van der Waals surface area (Å²) < 4.78 is 0. The van der Waals surface area contributed by atoms with Gasteiger partial charge in [-0.05, 0) is 12.0 Å². The van der Waals surface area contributed by atoms with E-state index < -0.39 is 0 Å². The van der Waals surface area contributed by atoms with Crippen LogP contribution in [0.15, 0.2) is 48.7 Å². The van der Waals surface area contributed by atoms with E-state index in [2.05, 4.69) is 12.3 Å². The molecule has 0 amide bonds. The van der Waals surface area contributed by atoms with Crippen LogP contribution < -0.4 is 0 Å². The standard InChI is InChI=1S/C12H12O/c1-2-6-12(13)10-9-11-7-4-3-5-8-11/h3-8H,1,9-10H2. The molecule has 0 aliphatic carbocycles. The molecule has 1 rings (SSSR count). The molecule has 1 aromatic rings. The lowest BCUT2D eigenvalue weighted by molar-refractivity contribution is -0.114. The van der Waals surface area contributed by atoms with Gasteiger partial charge in [0, 0.05) is 12.5 Å². The van der Waals surface area contributed by atoms with Gasteiger partial charge in [0.15, 0.2) is 5.78 Å². The van der Waals surface area contributed by atoms with Crippen molar-refractivity contribution in [3.05, 3.63) is 54.3 Å². The number of benzene rings is 1. The first-order valence-corrected chi connectivity index (χ1v) is 4.25. The highest BCUT2D eigenvalue weighted by Gasteiger charge is 1.96. The molecule has 13 heavy (non-hydrogen) atoms. The van der Waals surface area contributed by atoms with Gasteiger partial charge in [-0.15, -0.1) is 5.73 Å². The highest BCUT2D eigenvalue weighted by atomic mass is 16.1. The average Bonchev–Trinajstić information content (AvgIpc) is 2.17. The van der Waals surface area contributed by atoms with Gasteiger partial charge in [0.2, 0.25) is 0 Å². The van der Waals surface area contributed by atoms with Gasteiger partial charge < -0.3 is 0 Å². The van der Waals surface area contributed by atoms with Gasteiger partial charge >= 0.3 is 0 Å². The van der Waals surface area contributed by atoms with Crippen LogP contribution in [0.25, 0.3) is 0 Å². The van der Waals surface area contributed by atoms with E-state index in [0.29, 0.717) is 6.42 Å². The Labute approximate surface area is 78.4 Å². The van der Waals surface area contributed by atoms with Crippen LogP contribution in [0.1, 0.15) is 12.0 Å².